The van der Waals surface area contributed by atoms with E-state index in [1.54, 1.807) is 0 Å². The quantitative estimate of drug-likeness (QED) is 0.772. The highest BCUT2D eigenvalue weighted by atomic mass is 16.5. The van der Waals surface area contributed by atoms with Crippen LogP contribution in [0.15, 0.2) is 22.6 Å². The molecule has 2 fully saturated rings. The Morgan fingerprint density at radius 2 is 2.00 bits per heavy atom. The second-order valence-corrected chi connectivity index (χ2v) is 5.19. The summed E-state index contributed by atoms with van der Waals surface area (Å²) in [7, 11) is 0. The van der Waals surface area contributed by atoms with Gasteiger partial charge in [-0.2, -0.15) is 0 Å². The highest BCUT2D eigenvalue weighted by Crippen LogP contribution is 2.37. The molecule has 0 spiro atoms. The fraction of sp³-hybridized carbons (Fsp3) is 0.500. The molecule has 0 saturated carbocycles. The molecule has 2 unspecified atom stereocenters. The molecule has 2 saturated heterocycles. The van der Waals surface area contributed by atoms with Gasteiger partial charge in [-0.15, -0.1) is 0 Å². The number of hydrogen-bond donors (Lipinski definition) is 0. The number of morpholine rings is 1. The average Bonchev–Trinajstić information content (AvgIpc) is 2.85. The van der Waals surface area contributed by atoms with E-state index < -0.39 is 0 Å². The Bertz CT molecular complexity index is 576. The molecule has 2 aromatic rings. The highest BCUT2D eigenvalue weighted by molar-refractivity contribution is 5.88. The van der Waals surface area contributed by atoms with Gasteiger partial charge < -0.3 is 14.1 Å². The zero-order chi connectivity index (χ0) is 12.1. The molecular weight excluding hydrogens is 228 g/mol. The van der Waals surface area contributed by atoms with Gasteiger partial charge in [0.2, 0.25) is 0 Å². The van der Waals surface area contributed by atoms with Crippen LogP contribution in [-0.4, -0.2) is 30.3 Å². The van der Waals surface area contributed by atoms with Crippen LogP contribution in [0.5, 0.6) is 0 Å². The van der Waals surface area contributed by atoms with Crippen LogP contribution in [0, 0.1) is 6.92 Å². The van der Waals surface area contributed by atoms with Crippen LogP contribution < -0.4 is 4.90 Å². The molecule has 0 N–H and O–H groups in total. The number of hydrogen-bond acceptors (Lipinski definition) is 4. The first kappa shape index (κ1) is 10.4. The lowest BCUT2D eigenvalue weighted by Crippen LogP contribution is -2.46. The lowest BCUT2D eigenvalue weighted by molar-refractivity contribution is 0.0908. The van der Waals surface area contributed by atoms with Crippen molar-refractivity contribution in [3.05, 3.63) is 24.1 Å². The van der Waals surface area contributed by atoms with Gasteiger partial charge in [0, 0.05) is 6.92 Å². The van der Waals surface area contributed by atoms with E-state index in [4.69, 9.17) is 9.15 Å². The van der Waals surface area contributed by atoms with E-state index in [1.807, 2.05) is 13.0 Å². The minimum atomic E-state index is 0.506. The fourth-order valence-corrected chi connectivity index (χ4v) is 3.28. The molecule has 18 heavy (non-hydrogen) atoms. The van der Waals surface area contributed by atoms with Gasteiger partial charge in [-0.3, -0.25) is 0 Å². The molecule has 0 aliphatic carbocycles. The monoisotopic (exact) mass is 244 g/mol. The van der Waals surface area contributed by atoms with Crippen molar-refractivity contribution in [3.8, 4) is 0 Å². The van der Waals surface area contributed by atoms with E-state index in [0.29, 0.717) is 12.1 Å². The van der Waals surface area contributed by atoms with Crippen molar-refractivity contribution in [3.63, 3.8) is 0 Å². The minimum absolute atomic E-state index is 0.506. The third-order valence-electron chi connectivity index (χ3n) is 4.02. The van der Waals surface area contributed by atoms with Gasteiger partial charge in [0.05, 0.1) is 31.0 Å². The van der Waals surface area contributed by atoms with Gasteiger partial charge in [0.1, 0.15) is 5.52 Å². The minimum Gasteiger partial charge on any atom is -0.441 e. The van der Waals surface area contributed by atoms with E-state index in [0.717, 1.165) is 30.2 Å². The maximum atomic E-state index is 5.64. The molecule has 2 atom stereocenters. The van der Waals surface area contributed by atoms with Gasteiger partial charge in [-0.05, 0) is 25.0 Å². The van der Waals surface area contributed by atoms with Crippen molar-refractivity contribution < 1.29 is 9.15 Å². The predicted molar refractivity (Wildman–Crippen MR) is 68.9 cm³/mol. The second kappa shape index (κ2) is 3.72. The number of para-hydroxylation sites is 1. The molecule has 3 heterocycles. The molecule has 1 aromatic carbocycles. The third kappa shape index (κ3) is 1.38. The first-order valence-electron chi connectivity index (χ1n) is 6.55. The summed E-state index contributed by atoms with van der Waals surface area (Å²) in [6, 6.07) is 7.21. The first-order chi connectivity index (χ1) is 8.83. The summed E-state index contributed by atoms with van der Waals surface area (Å²) in [6.45, 7) is 3.57. The first-order valence-corrected chi connectivity index (χ1v) is 6.55. The van der Waals surface area contributed by atoms with Crippen molar-refractivity contribution in [1.82, 2.24) is 4.98 Å². The zero-order valence-corrected chi connectivity index (χ0v) is 10.4. The summed E-state index contributed by atoms with van der Waals surface area (Å²) >= 11 is 0. The van der Waals surface area contributed by atoms with E-state index in [9.17, 15) is 0 Å². The predicted octanol–water partition coefficient (Wildman–Crippen LogP) is 2.50. The fourth-order valence-electron chi connectivity index (χ4n) is 3.28. The molecule has 0 amide bonds. The SMILES string of the molecule is Cc1nc2c(N3C4CCC3COC4)cccc2o1. The second-order valence-electron chi connectivity index (χ2n) is 5.19. The number of ether oxygens (including phenoxy) is 1. The molecule has 4 rings (SSSR count). The molecular formula is C14H16N2O2. The average molecular weight is 244 g/mol. The summed E-state index contributed by atoms with van der Waals surface area (Å²) in [5, 5.41) is 0. The number of benzene rings is 1. The standard InChI is InChI=1S/C14H16N2O2/c1-9-15-14-12(3-2-4-13(14)18-9)16-10-5-6-11(16)8-17-7-10/h2-4,10-11H,5-8H2,1H3. The summed E-state index contributed by atoms with van der Waals surface area (Å²) in [5.74, 6) is 0.734. The number of aromatic nitrogens is 1. The van der Waals surface area contributed by atoms with Crippen LogP contribution in [0.2, 0.25) is 0 Å². The Hall–Kier alpha value is -1.55. The van der Waals surface area contributed by atoms with Crippen molar-refractivity contribution in [2.24, 2.45) is 0 Å². The van der Waals surface area contributed by atoms with Crippen molar-refractivity contribution in [2.75, 3.05) is 18.1 Å². The molecule has 2 aliphatic rings. The van der Waals surface area contributed by atoms with Gasteiger partial charge in [0.15, 0.2) is 11.5 Å². The Kier molecular flexibility index (Phi) is 2.14. The summed E-state index contributed by atoms with van der Waals surface area (Å²) in [6.07, 6.45) is 2.44. The van der Waals surface area contributed by atoms with Crippen LogP contribution in [0.1, 0.15) is 18.7 Å². The Labute approximate surface area is 106 Å². The topological polar surface area (TPSA) is 38.5 Å². The molecule has 4 nitrogen and oxygen atoms in total. The third-order valence-corrected chi connectivity index (χ3v) is 4.02. The van der Waals surface area contributed by atoms with Crippen LogP contribution in [0.25, 0.3) is 11.1 Å². The van der Waals surface area contributed by atoms with E-state index in [1.165, 1.54) is 18.5 Å². The summed E-state index contributed by atoms with van der Waals surface area (Å²) in [4.78, 5) is 7.03. The number of anilines is 1. The van der Waals surface area contributed by atoms with Crippen LogP contribution >= 0.6 is 0 Å². The van der Waals surface area contributed by atoms with Crippen LogP contribution in [-0.2, 0) is 4.74 Å². The normalized spacial score (nSPS) is 27.1. The highest BCUT2D eigenvalue weighted by Gasteiger charge is 2.38. The Morgan fingerprint density at radius 3 is 2.78 bits per heavy atom. The molecule has 2 aliphatic heterocycles. The van der Waals surface area contributed by atoms with Crippen LogP contribution in [0.3, 0.4) is 0 Å². The smallest absolute Gasteiger partial charge is 0.192 e. The Balaban J connectivity index is 1.87. The largest absolute Gasteiger partial charge is 0.441 e. The van der Waals surface area contributed by atoms with Gasteiger partial charge >= 0.3 is 0 Å². The maximum absolute atomic E-state index is 5.64. The lowest BCUT2D eigenvalue weighted by atomic mass is 10.2. The van der Waals surface area contributed by atoms with Gasteiger partial charge in [-0.25, -0.2) is 4.98 Å². The molecule has 94 valence electrons. The number of oxazole rings is 1. The van der Waals surface area contributed by atoms with E-state index in [-0.39, 0.29) is 0 Å². The van der Waals surface area contributed by atoms with E-state index in [2.05, 4.69) is 22.0 Å². The van der Waals surface area contributed by atoms with Gasteiger partial charge in [-0.1, -0.05) is 6.07 Å². The molecule has 4 heteroatoms. The summed E-state index contributed by atoms with van der Waals surface area (Å²) in [5.41, 5.74) is 3.09. The van der Waals surface area contributed by atoms with Crippen LogP contribution in [0.4, 0.5) is 5.69 Å². The number of nitrogens with zero attached hydrogens (tertiary/aromatic N) is 2. The van der Waals surface area contributed by atoms with Crippen molar-refractivity contribution in [2.45, 2.75) is 31.8 Å². The number of rotatable bonds is 1. The zero-order valence-electron chi connectivity index (χ0n) is 10.4. The number of fused-ring (bicyclic) bond motifs is 3. The molecule has 2 bridgehead atoms. The molecule has 1 aromatic heterocycles. The van der Waals surface area contributed by atoms with Crippen molar-refractivity contribution in [1.29, 1.82) is 0 Å². The Morgan fingerprint density at radius 1 is 1.22 bits per heavy atom. The van der Waals surface area contributed by atoms with E-state index >= 15 is 0 Å². The summed E-state index contributed by atoms with van der Waals surface area (Å²) < 4.78 is 11.3. The molecule has 0 radical (unpaired) electrons. The van der Waals surface area contributed by atoms with Gasteiger partial charge in [0.25, 0.3) is 0 Å². The lowest BCUT2D eigenvalue weighted by Gasteiger charge is -2.36. The number of aryl methyl sites for hydroxylation is 1. The maximum Gasteiger partial charge on any atom is 0.192 e. The van der Waals surface area contributed by atoms with Crippen molar-refractivity contribution >= 4 is 16.8 Å².